The summed E-state index contributed by atoms with van der Waals surface area (Å²) in [6.07, 6.45) is 3.74. The average molecular weight is 528 g/mol. The summed E-state index contributed by atoms with van der Waals surface area (Å²) in [6, 6.07) is 13.8. The molecule has 4 aromatic rings. The Bertz CT molecular complexity index is 1590. The van der Waals surface area contributed by atoms with Gasteiger partial charge in [-0.2, -0.15) is 4.98 Å². The maximum Gasteiger partial charge on any atom is 0.278 e. The van der Waals surface area contributed by atoms with Crippen molar-refractivity contribution in [3.63, 3.8) is 0 Å². The van der Waals surface area contributed by atoms with Crippen LogP contribution in [0.2, 0.25) is 0 Å². The second kappa shape index (κ2) is 9.87. The van der Waals surface area contributed by atoms with E-state index in [0.29, 0.717) is 40.4 Å². The molecule has 1 atom stereocenters. The van der Waals surface area contributed by atoms with E-state index in [4.69, 9.17) is 9.72 Å². The molecule has 6 rings (SSSR count). The van der Waals surface area contributed by atoms with Crippen molar-refractivity contribution in [1.29, 1.82) is 0 Å². The van der Waals surface area contributed by atoms with E-state index in [2.05, 4.69) is 45.9 Å². The predicted octanol–water partition coefficient (Wildman–Crippen LogP) is 3.25. The van der Waals surface area contributed by atoms with Gasteiger partial charge in [-0.1, -0.05) is 13.0 Å². The molecule has 0 unspecified atom stereocenters. The van der Waals surface area contributed by atoms with E-state index in [-0.39, 0.29) is 18.7 Å². The standard InChI is InChI=1S/C29H33N7O3/c1-4-12-35-27(37)23-18-30-28(31-20-6-8-21(9-7-20)34-15-13-33(3)14-16-34)32-26(23)36(35)22-10-11-25-24(17-22)29(38,5-2)19-39-25/h4,6-11,17-18,38H,1,5,12-16,19H2,2-3H3,(H,30,31,32)/t29-/m1/s1. The van der Waals surface area contributed by atoms with Crippen LogP contribution in [-0.4, -0.2) is 69.2 Å². The van der Waals surface area contributed by atoms with E-state index in [1.807, 2.05) is 37.3 Å². The van der Waals surface area contributed by atoms with Gasteiger partial charge < -0.3 is 25.0 Å². The van der Waals surface area contributed by atoms with Crippen LogP contribution in [0.5, 0.6) is 5.75 Å². The number of fused-ring (bicyclic) bond motifs is 2. The fourth-order valence-corrected chi connectivity index (χ4v) is 5.29. The third-order valence-electron chi connectivity index (χ3n) is 7.73. The van der Waals surface area contributed by atoms with Gasteiger partial charge in [-0.05, 0) is 55.9 Å². The first-order valence-electron chi connectivity index (χ1n) is 13.3. The molecule has 10 heteroatoms. The topological polar surface area (TPSA) is 101 Å². The minimum Gasteiger partial charge on any atom is -0.490 e. The molecule has 202 valence electrons. The summed E-state index contributed by atoms with van der Waals surface area (Å²) in [5.74, 6) is 1.03. The lowest BCUT2D eigenvalue weighted by atomic mass is 9.93. The van der Waals surface area contributed by atoms with Crippen molar-refractivity contribution in [2.24, 2.45) is 0 Å². The van der Waals surface area contributed by atoms with Crippen LogP contribution in [0, 0.1) is 0 Å². The first kappa shape index (κ1) is 25.1. The van der Waals surface area contributed by atoms with Gasteiger partial charge >= 0.3 is 0 Å². The monoisotopic (exact) mass is 527 g/mol. The highest BCUT2D eigenvalue weighted by atomic mass is 16.5. The lowest BCUT2D eigenvalue weighted by molar-refractivity contribution is 0.0129. The summed E-state index contributed by atoms with van der Waals surface area (Å²) in [4.78, 5) is 27.2. The Labute approximate surface area is 226 Å². The van der Waals surface area contributed by atoms with Crippen LogP contribution in [-0.2, 0) is 12.1 Å². The molecule has 0 saturated carbocycles. The molecule has 1 saturated heterocycles. The van der Waals surface area contributed by atoms with Gasteiger partial charge in [0.15, 0.2) is 5.65 Å². The average Bonchev–Trinajstić information content (AvgIpc) is 3.43. The van der Waals surface area contributed by atoms with Gasteiger partial charge in [-0.3, -0.25) is 4.79 Å². The molecular formula is C29H33N7O3. The molecule has 0 radical (unpaired) electrons. The van der Waals surface area contributed by atoms with E-state index in [9.17, 15) is 9.90 Å². The minimum atomic E-state index is -1.07. The molecule has 2 aliphatic heterocycles. The van der Waals surface area contributed by atoms with Gasteiger partial charge in [0.2, 0.25) is 5.95 Å². The Morgan fingerprint density at radius 1 is 1.13 bits per heavy atom. The van der Waals surface area contributed by atoms with Gasteiger partial charge in [0.1, 0.15) is 23.3 Å². The molecule has 0 spiro atoms. The van der Waals surface area contributed by atoms with Crippen molar-refractivity contribution in [2.45, 2.75) is 25.5 Å². The first-order chi connectivity index (χ1) is 18.9. The largest absolute Gasteiger partial charge is 0.490 e. The van der Waals surface area contributed by atoms with Crippen LogP contribution in [0.3, 0.4) is 0 Å². The minimum absolute atomic E-state index is 0.206. The third kappa shape index (κ3) is 4.45. The number of anilines is 3. The molecule has 0 amide bonds. The molecule has 2 N–H and O–H groups in total. The molecule has 2 aromatic carbocycles. The number of hydrogen-bond acceptors (Lipinski definition) is 8. The number of nitrogens with zero attached hydrogens (tertiary/aromatic N) is 6. The Balaban J connectivity index is 1.36. The zero-order chi connectivity index (χ0) is 27.1. The van der Waals surface area contributed by atoms with Crippen molar-refractivity contribution < 1.29 is 9.84 Å². The summed E-state index contributed by atoms with van der Waals surface area (Å²) >= 11 is 0. The quantitative estimate of drug-likeness (QED) is 0.354. The van der Waals surface area contributed by atoms with E-state index in [0.717, 1.165) is 31.9 Å². The second-order valence-electron chi connectivity index (χ2n) is 10.2. The fourth-order valence-electron chi connectivity index (χ4n) is 5.29. The highest BCUT2D eigenvalue weighted by Crippen LogP contribution is 2.40. The maximum atomic E-state index is 13.3. The van der Waals surface area contributed by atoms with Crippen LogP contribution in [0.1, 0.15) is 18.9 Å². The lowest BCUT2D eigenvalue weighted by Gasteiger charge is -2.34. The van der Waals surface area contributed by atoms with Crippen LogP contribution in [0.15, 0.2) is 66.1 Å². The number of likely N-dealkylation sites (N-methyl/N-ethyl adjacent to an activating group) is 1. The normalized spacial score (nSPS) is 19.2. The SMILES string of the molecule is C=CCn1c(=O)c2cnc(Nc3ccc(N4CCN(C)CC4)cc3)nc2n1-c1ccc2c(c1)[C@@](O)(CC)CO2. The van der Waals surface area contributed by atoms with Crippen molar-refractivity contribution in [3.05, 3.63) is 77.2 Å². The molecular weight excluding hydrogens is 494 g/mol. The number of rotatable bonds is 7. The zero-order valence-electron chi connectivity index (χ0n) is 22.3. The summed E-state index contributed by atoms with van der Waals surface area (Å²) < 4.78 is 9.05. The van der Waals surface area contributed by atoms with Gasteiger partial charge in [-0.15, -0.1) is 6.58 Å². The van der Waals surface area contributed by atoms with E-state index in [1.54, 1.807) is 21.6 Å². The molecule has 10 nitrogen and oxygen atoms in total. The Morgan fingerprint density at radius 2 is 1.87 bits per heavy atom. The van der Waals surface area contributed by atoms with Crippen LogP contribution in [0.4, 0.5) is 17.3 Å². The Kier molecular flexibility index (Phi) is 6.36. The van der Waals surface area contributed by atoms with Crippen LogP contribution in [0.25, 0.3) is 16.7 Å². The van der Waals surface area contributed by atoms with Crippen molar-refractivity contribution in [3.8, 4) is 11.4 Å². The van der Waals surface area contributed by atoms with Gasteiger partial charge in [-0.25, -0.2) is 14.3 Å². The van der Waals surface area contributed by atoms with E-state index >= 15 is 0 Å². The summed E-state index contributed by atoms with van der Waals surface area (Å²) in [6.45, 7) is 10.4. The number of piperazine rings is 1. The van der Waals surface area contributed by atoms with E-state index in [1.165, 1.54) is 5.69 Å². The molecule has 4 heterocycles. The Hall–Kier alpha value is -4.15. The van der Waals surface area contributed by atoms with Crippen molar-refractivity contribution >= 4 is 28.4 Å². The zero-order valence-corrected chi connectivity index (χ0v) is 22.3. The molecule has 39 heavy (non-hydrogen) atoms. The molecule has 2 aliphatic rings. The van der Waals surface area contributed by atoms with Crippen molar-refractivity contribution in [1.82, 2.24) is 24.2 Å². The fraction of sp³-hybridized carbons (Fsp3) is 0.345. The number of allylic oxidation sites excluding steroid dienone is 1. The maximum absolute atomic E-state index is 13.3. The smallest absolute Gasteiger partial charge is 0.278 e. The highest BCUT2D eigenvalue weighted by Gasteiger charge is 2.37. The van der Waals surface area contributed by atoms with Crippen LogP contribution >= 0.6 is 0 Å². The number of nitrogens with one attached hydrogen (secondary N) is 1. The number of aliphatic hydroxyl groups is 1. The highest BCUT2D eigenvalue weighted by molar-refractivity contribution is 5.77. The molecule has 0 aliphatic carbocycles. The van der Waals surface area contributed by atoms with Gasteiger partial charge in [0.25, 0.3) is 5.56 Å². The van der Waals surface area contributed by atoms with Crippen LogP contribution < -0.4 is 20.5 Å². The summed E-state index contributed by atoms with van der Waals surface area (Å²) in [7, 11) is 2.15. The Morgan fingerprint density at radius 3 is 2.59 bits per heavy atom. The lowest BCUT2D eigenvalue weighted by Crippen LogP contribution is -2.44. The third-order valence-corrected chi connectivity index (χ3v) is 7.73. The van der Waals surface area contributed by atoms with Gasteiger partial charge in [0.05, 0.1) is 12.2 Å². The van der Waals surface area contributed by atoms with Gasteiger partial charge in [0, 0.05) is 49.3 Å². The number of benzene rings is 2. The molecule has 0 bridgehead atoms. The number of hydrogen-bond donors (Lipinski definition) is 2. The molecule has 1 fully saturated rings. The second-order valence-corrected chi connectivity index (χ2v) is 10.2. The summed E-state index contributed by atoms with van der Waals surface area (Å²) in [5.41, 5.74) is 2.62. The number of ether oxygens (including phenoxy) is 1. The van der Waals surface area contributed by atoms with Crippen molar-refractivity contribution in [2.75, 3.05) is 50.1 Å². The van der Waals surface area contributed by atoms with E-state index < -0.39 is 5.60 Å². The number of aromatic nitrogens is 4. The first-order valence-corrected chi connectivity index (χ1v) is 13.3. The summed E-state index contributed by atoms with van der Waals surface area (Å²) in [5, 5.41) is 14.8. The predicted molar refractivity (Wildman–Crippen MR) is 152 cm³/mol. The molecule has 2 aromatic heterocycles.